The van der Waals surface area contributed by atoms with Crippen LogP contribution < -0.4 is 5.73 Å². The Bertz CT molecular complexity index is 217. The van der Waals surface area contributed by atoms with Gasteiger partial charge in [0.05, 0.1) is 7.11 Å². The topological polar surface area (TPSA) is 52.3 Å². The Labute approximate surface area is 91.8 Å². The van der Waals surface area contributed by atoms with Crippen molar-refractivity contribution in [2.24, 2.45) is 17.1 Å². The Morgan fingerprint density at radius 2 is 1.86 bits per heavy atom. The van der Waals surface area contributed by atoms with Gasteiger partial charge in [0.25, 0.3) is 0 Å². The monoisotopic (exact) mass is 221 g/mol. The van der Waals surface area contributed by atoms with Crippen molar-refractivity contribution in [3.05, 3.63) is 0 Å². The van der Waals surface area contributed by atoms with Gasteiger partial charge in [-0.3, -0.25) is 4.79 Å². The number of rotatable bonds is 1. The van der Waals surface area contributed by atoms with E-state index in [0.29, 0.717) is 5.92 Å². The average Bonchev–Trinajstić information content (AvgIpc) is 1.95. The first-order chi connectivity index (χ1) is 5.79. The molecule has 0 radical (unpaired) electrons. The minimum atomic E-state index is -0.702. The van der Waals surface area contributed by atoms with Gasteiger partial charge in [-0.15, -0.1) is 12.4 Å². The number of halogens is 1. The summed E-state index contributed by atoms with van der Waals surface area (Å²) >= 11 is 0. The summed E-state index contributed by atoms with van der Waals surface area (Å²) in [6, 6.07) is 0. The van der Waals surface area contributed by atoms with Gasteiger partial charge < -0.3 is 10.5 Å². The molecule has 1 fully saturated rings. The predicted octanol–water partition coefficient (Wildman–Crippen LogP) is 1.73. The molecule has 1 rings (SSSR count). The van der Waals surface area contributed by atoms with Crippen molar-refractivity contribution in [2.75, 3.05) is 7.11 Å². The van der Waals surface area contributed by atoms with E-state index in [-0.39, 0.29) is 23.8 Å². The molecule has 4 heteroatoms. The number of hydrogen-bond acceptors (Lipinski definition) is 3. The van der Waals surface area contributed by atoms with Crippen LogP contribution in [0.5, 0.6) is 0 Å². The maximum atomic E-state index is 11.2. The fraction of sp³-hybridized carbons (Fsp3) is 0.900. The molecule has 0 aromatic rings. The zero-order valence-electron chi connectivity index (χ0n) is 9.29. The molecule has 0 amide bonds. The van der Waals surface area contributed by atoms with Crippen LogP contribution in [-0.4, -0.2) is 18.6 Å². The third kappa shape index (κ3) is 2.39. The number of hydrogen-bond donors (Lipinski definition) is 1. The minimum absolute atomic E-state index is 0. The molecule has 14 heavy (non-hydrogen) atoms. The van der Waals surface area contributed by atoms with Crippen LogP contribution in [0.2, 0.25) is 0 Å². The molecule has 0 spiro atoms. The highest BCUT2D eigenvalue weighted by Crippen LogP contribution is 2.46. The van der Waals surface area contributed by atoms with E-state index in [1.54, 1.807) is 0 Å². The summed E-state index contributed by atoms with van der Waals surface area (Å²) in [7, 11) is 1.39. The second-order valence-electron chi connectivity index (χ2n) is 5.12. The van der Waals surface area contributed by atoms with Crippen LogP contribution in [0, 0.1) is 11.3 Å². The van der Waals surface area contributed by atoms with Crippen LogP contribution in [0.25, 0.3) is 0 Å². The lowest BCUT2D eigenvalue weighted by Crippen LogP contribution is -2.60. The maximum Gasteiger partial charge on any atom is 0.325 e. The molecule has 1 aliphatic rings. The van der Waals surface area contributed by atoms with Gasteiger partial charge in [0, 0.05) is 0 Å². The highest BCUT2D eigenvalue weighted by atomic mass is 35.5. The summed E-state index contributed by atoms with van der Waals surface area (Å²) in [6.07, 6.45) is 1.51. The molecule has 1 saturated carbocycles. The summed E-state index contributed by atoms with van der Waals surface area (Å²) in [5, 5.41) is 0. The van der Waals surface area contributed by atoms with E-state index in [1.807, 2.05) is 0 Å². The van der Waals surface area contributed by atoms with E-state index in [9.17, 15) is 4.79 Å². The van der Waals surface area contributed by atoms with Crippen molar-refractivity contribution in [3.63, 3.8) is 0 Å². The number of carbonyl (C=O) groups is 1. The molecule has 84 valence electrons. The van der Waals surface area contributed by atoms with Crippen molar-refractivity contribution >= 4 is 18.4 Å². The molecule has 3 nitrogen and oxygen atoms in total. The molecular formula is C10H20ClNO2. The molecule has 0 aliphatic heterocycles. The van der Waals surface area contributed by atoms with Crippen LogP contribution >= 0.6 is 12.4 Å². The van der Waals surface area contributed by atoms with Crippen LogP contribution in [0.3, 0.4) is 0 Å². The quantitative estimate of drug-likeness (QED) is 0.687. The molecule has 0 atom stereocenters. The molecule has 0 saturated heterocycles. The largest absolute Gasteiger partial charge is 0.468 e. The highest BCUT2D eigenvalue weighted by Gasteiger charge is 2.51. The van der Waals surface area contributed by atoms with Gasteiger partial charge >= 0.3 is 5.97 Å². The van der Waals surface area contributed by atoms with Gasteiger partial charge in [-0.25, -0.2) is 0 Å². The molecular weight excluding hydrogens is 202 g/mol. The van der Waals surface area contributed by atoms with Crippen molar-refractivity contribution in [2.45, 2.75) is 39.2 Å². The smallest absolute Gasteiger partial charge is 0.325 e. The first-order valence-electron chi connectivity index (χ1n) is 4.67. The Morgan fingerprint density at radius 1 is 1.43 bits per heavy atom. The summed E-state index contributed by atoms with van der Waals surface area (Å²) in [6.45, 7) is 6.53. The summed E-state index contributed by atoms with van der Waals surface area (Å²) in [4.78, 5) is 11.2. The first kappa shape index (κ1) is 13.7. The number of ether oxygens (including phenoxy) is 1. The molecule has 2 N–H and O–H groups in total. The normalized spacial score (nSPS) is 31.4. The molecule has 0 aromatic heterocycles. The summed E-state index contributed by atoms with van der Waals surface area (Å²) in [5.41, 5.74) is 5.41. The predicted molar refractivity (Wildman–Crippen MR) is 58.4 cm³/mol. The highest BCUT2D eigenvalue weighted by molar-refractivity contribution is 5.85. The van der Waals surface area contributed by atoms with Crippen LogP contribution in [-0.2, 0) is 9.53 Å². The number of methoxy groups -OCH3 is 1. The summed E-state index contributed by atoms with van der Waals surface area (Å²) in [5.74, 6) is 0.268. The molecule has 0 unspecified atom stereocenters. The van der Waals surface area contributed by atoms with E-state index in [2.05, 4.69) is 25.5 Å². The Hall–Kier alpha value is -0.280. The van der Waals surface area contributed by atoms with Crippen molar-refractivity contribution in [1.82, 2.24) is 0 Å². The molecule has 1 aliphatic carbocycles. The Kier molecular flexibility index (Phi) is 3.99. The first-order valence-corrected chi connectivity index (χ1v) is 4.67. The van der Waals surface area contributed by atoms with E-state index in [1.165, 1.54) is 7.11 Å². The summed E-state index contributed by atoms with van der Waals surface area (Å²) < 4.78 is 4.65. The van der Waals surface area contributed by atoms with Crippen molar-refractivity contribution in [3.8, 4) is 0 Å². The third-order valence-corrected chi connectivity index (χ3v) is 3.04. The fourth-order valence-corrected chi connectivity index (χ4v) is 1.80. The second-order valence-corrected chi connectivity index (χ2v) is 5.12. The third-order valence-electron chi connectivity index (χ3n) is 3.04. The van der Waals surface area contributed by atoms with Gasteiger partial charge in [-0.05, 0) is 24.2 Å². The number of carbonyl (C=O) groups excluding carboxylic acids is 1. The van der Waals surface area contributed by atoms with Gasteiger partial charge in [-0.1, -0.05) is 20.8 Å². The number of nitrogens with two attached hydrogens (primary N) is 1. The molecule has 0 aromatic carbocycles. The fourth-order valence-electron chi connectivity index (χ4n) is 1.80. The van der Waals surface area contributed by atoms with E-state index in [4.69, 9.17) is 5.73 Å². The number of esters is 1. The maximum absolute atomic E-state index is 11.2. The average molecular weight is 222 g/mol. The lowest BCUT2D eigenvalue weighted by Gasteiger charge is -2.48. The SMILES string of the molecule is COC(=O)C1(N)CC(C(C)(C)C)C1.Cl. The van der Waals surface area contributed by atoms with Crippen LogP contribution in [0.1, 0.15) is 33.6 Å². The van der Waals surface area contributed by atoms with Gasteiger partial charge in [-0.2, -0.15) is 0 Å². The Balaban J connectivity index is 0.00000169. The Morgan fingerprint density at radius 3 is 2.14 bits per heavy atom. The van der Waals surface area contributed by atoms with Crippen LogP contribution in [0.15, 0.2) is 0 Å². The van der Waals surface area contributed by atoms with E-state index in [0.717, 1.165) is 12.8 Å². The van der Waals surface area contributed by atoms with E-state index >= 15 is 0 Å². The van der Waals surface area contributed by atoms with Crippen LogP contribution in [0.4, 0.5) is 0 Å². The zero-order valence-corrected chi connectivity index (χ0v) is 10.1. The molecule has 0 heterocycles. The zero-order chi connectivity index (χ0) is 10.3. The standard InChI is InChI=1S/C10H19NO2.ClH/c1-9(2,3)7-5-10(11,6-7)8(12)13-4;/h7H,5-6,11H2,1-4H3;1H. The van der Waals surface area contributed by atoms with Crippen molar-refractivity contribution in [1.29, 1.82) is 0 Å². The van der Waals surface area contributed by atoms with Crippen molar-refractivity contribution < 1.29 is 9.53 Å². The second kappa shape index (κ2) is 4.07. The van der Waals surface area contributed by atoms with Gasteiger partial charge in [0.2, 0.25) is 0 Å². The van der Waals surface area contributed by atoms with Gasteiger partial charge in [0.15, 0.2) is 0 Å². The molecule has 0 bridgehead atoms. The minimum Gasteiger partial charge on any atom is -0.468 e. The lowest BCUT2D eigenvalue weighted by molar-refractivity contribution is -0.154. The lowest BCUT2D eigenvalue weighted by atomic mass is 9.59. The van der Waals surface area contributed by atoms with Gasteiger partial charge in [0.1, 0.15) is 5.54 Å². The van der Waals surface area contributed by atoms with E-state index < -0.39 is 5.54 Å².